The normalized spacial score (nSPS) is 15.8. The van der Waals surface area contributed by atoms with Crippen molar-refractivity contribution in [3.63, 3.8) is 0 Å². The van der Waals surface area contributed by atoms with Crippen LogP contribution >= 0.6 is 0 Å². The third kappa shape index (κ3) is 3.61. The summed E-state index contributed by atoms with van der Waals surface area (Å²) in [6, 6.07) is 8.07. The summed E-state index contributed by atoms with van der Waals surface area (Å²) in [7, 11) is -1.66. The molecule has 2 nitrogen and oxygen atoms in total. The highest BCUT2D eigenvalue weighted by Gasteiger charge is 2.39. The van der Waals surface area contributed by atoms with Crippen LogP contribution in [0.3, 0.4) is 0 Å². The molecular weight excluding hydrogens is 239 g/mol. The van der Waals surface area contributed by atoms with Crippen molar-refractivity contribution in [2.75, 3.05) is 12.3 Å². The maximum Gasteiger partial charge on any atom is 0.393 e. The van der Waals surface area contributed by atoms with Crippen LogP contribution in [0.1, 0.15) is 0 Å². The fourth-order valence-corrected chi connectivity index (χ4v) is 2.49. The van der Waals surface area contributed by atoms with Gasteiger partial charge in [0.25, 0.3) is 0 Å². The Morgan fingerprint density at radius 2 is 1.81 bits per heavy atom. The molecule has 1 aromatic carbocycles. The lowest BCUT2D eigenvalue weighted by molar-refractivity contribution is -0.165. The van der Waals surface area contributed by atoms with Crippen LogP contribution in [-0.2, 0) is 10.8 Å². The van der Waals surface area contributed by atoms with Gasteiger partial charge in [0.2, 0.25) is 0 Å². The molecule has 16 heavy (non-hydrogen) atoms. The van der Waals surface area contributed by atoms with Crippen LogP contribution in [-0.4, -0.2) is 22.7 Å². The van der Waals surface area contributed by atoms with Gasteiger partial charge in [0.1, 0.15) is 0 Å². The molecule has 0 spiro atoms. The largest absolute Gasteiger partial charge is 0.393 e. The molecule has 0 fully saturated rings. The second-order valence-electron chi connectivity index (χ2n) is 3.30. The van der Waals surface area contributed by atoms with E-state index >= 15 is 0 Å². The molecule has 0 saturated carbocycles. The lowest BCUT2D eigenvalue weighted by Crippen LogP contribution is -2.34. The van der Waals surface area contributed by atoms with Crippen molar-refractivity contribution in [3.8, 4) is 0 Å². The molecule has 1 aromatic rings. The molecule has 0 amide bonds. The quantitative estimate of drug-likeness (QED) is 0.888. The topological polar surface area (TPSA) is 43.1 Å². The summed E-state index contributed by atoms with van der Waals surface area (Å²) in [5.41, 5.74) is 5.03. The molecule has 0 radical (unpaired) electrons. The molecule has 2 unspecified atom stereocenters. The van der Waals surface area contributed by atoms with Crippen molar-refractivity contribution < 1.29 is 17.4 Å². The van der Waals surface area contributed by atoms with Crippen molar-refractivity contribution in [3.05, 3.63) is 30.3 Å². The van der Waals surface area contributed by atoms with Crippen LogP contribution in [0.2, 0.25) is 0 Å². The minimum atomic E-state index is -4.39. The van der Waals surface area contributed by atoms with Gasteiger partial charge in [0.15, 0.2) is 0 Å². The average Bonchev–Trinajstić information content (AvgIpc) is 2.25. The van der Waals surface area contributed by atoms with E-state index in [0.29, 0.717) is 4.90 Å². The van der Waals surface area contributed by atoms with Crippen LogP contribution in [0.4, 0.5) is 13.2 Å². The molecule has 2 atom stereocenters. The Labute approximate surface area is 94.1 Å². The van der Waals surface area contributed by atoms with Crippen LogP contribution in [0.25, 0.3) is 0 Å². The molecule has 0 saturated heterocycles. The molecule has 90 valence electrons. The highest BCUT2D eigenvalue weighted by molar-refractivity contribution is 7.85. The standard InChI is InChI=1S/C10H12F3NOS/c11-10(12,13)8(6-14)7-16(15)9-4-2-1-3-5-9/h1-5,8H,6-7,14H2. The molecule has 0 aromatic heterocycles. The lowest BCUT2D eigenvalue weighted by Gasteiger charge is -2.17. The number of halogens is 3. The highest BCUT2D eigenvalue weighted by Crippen LogP contribution is 2.27. The Morgan fingerprint density at radius 3 is 2.25 bits per heavy atom. The predicted molar refractivity (Wildman–Crippen MR) is 56.3 cm³/mol. The zero-order valence-electron chi connectivity index (χ0n) is 8.41. The Bertz CT molecular complexity index is 353. The average molecular weight is 251 g/mol. The first kappa shape index (κ1) is 13.2. The van der Waals surface area contributed by atoms with Gasteiger partial charge in [-0.15, -0.1) is 0 Å². The van der Waals surface area contributed by atoms with E-state index in [1.807, 2.05) is 0 Å². The molecule has 0 bridgehead atoms. The molecule has 2 N–H and O–H groups in total. The minimum absolute atomic E-state index is 0.394. The van der Waals surface area contributed by atoms with Gasteiger partial charge < -0.3 is 5.73 Å². The van der Waals surface area contributed by atoms with Crippen molar-refractivity contribution in [1.29, 1.82) is 0 Å². The zero-order chi connectivity index (χ0) is 12.2. The van der Waals surface area contributed by atoms with E-state index in [4.69, 9.17) is 5.73 Å². The number of hydrogen-bond donors (Lipinski definition) is 1. The summed E-state index contributed by atoms with van der Waals surface area (Å²) < 4.78 is 48.8. The predicted octanol–water partition coefficient (Wildman–Crippen LogP) is 1.93. The van der Waals surface area contributed by atoms with Crippen LogP contribution in [0.5, 0.6) is 0 Å². The second kappa shape index (κ2) is 5.45. The van der Waals surface area contributed by atoms with Crippen molar-refractivity contribution in [1.82, 2.24) is 0 Å². The summed E-state index contributed by atoms with van der Waals surface area (Å²) in [5, 5.41) is 0. The van der Waals surface area contributed by atoms with E-state index < -0.39 is 35.2 Å². The van der Waals surface area contributed by atoms with Crippen LogP contribution < -0.4 is 5.73 Å². The van der Waals surface area contributed by atoms with E-state index in [-0.39, 0.29) is 0 Å². The Balaban J connectivity index is 2.71. The van der Waals surface area contributed by atoms with Gasteiger partial charge in [0.05, 0.1) is 16.7 Å². The Hall–Kier alpha value is -0.880. The SMILES string of the molecule is NCC(CS(=O)c1ccccc1)C(F)(F)F. The summed E-state index contributed by atoms with van der Waals surface area (Å²) in [6.07, 6.45) is -4.39. The number of hydrogen-bond acceptors (Lipinski definition) is 2. The van der Waals surface area contributed by atoms with E-state index in [0.717, 1.165) is 0 Å². The maximum absolute atomic E-state index is 12.4. The zero-order valence-corrected chi connectivity index (χ0v) is 9.22. The van der Waals surface area contributed by atoms with E-state index in [1.54, 1.807) is 30.3 Å². The van der Waals surface area contributed by atoms with E-state index in [9.17, 15) is 17.4 Å². The molecule has 0 aliphatic carbocycles. The van der Waals surface area contributed by atoms with Crippen molar-refractivity contribution >= 4 is 10.8 Å². The van der Waals surface area contributed by atoms with E-state index in [2.05, 4.69) is 0 Å². The van der Waals surface area contributed by atoms with Gasteiger partial charge in [0, 0.05) is 17.2 Å². The fourth-order valence-electron chi connectivity index (χ4n) is 1.15. The number of benzene rings is 1. The monoisotopic (exact) mass is 251 g/mol. The fraction of sp³-hybridized carbons (Fsp3) is 0.400. The molecule has 0 aliphatic rings. The molecular formula is C10H12F3NOS. The van der Waals surface area contributed by atoms with Gasteiger partial charge in [-0.05, 0) is 12.1 Å². The first-order chi connectivity index (χ1) is 7.45. The summed E-state index contributed by atoms with van der Waals surface area (Å²) >= 11 is 0. The second-order valence-corrected chi connectivity index (χ2v) is 4.80. The number of alkyl halides is 3. The van der Waals surface area contributed by atoms with Crippen LogP contribution in [0, 0.1) is 5.92 Å². The van der Waals surface area contributed by atoms with Crippen molar-refractivity contribution in [2.45, 2.75) is 11.1 Å². The number of rotatable bonds is 4. The van der Waals surface area contributed by atoms with Gasteiger partial charge in [-0.2, -0.15) is 13.2 Å². The Kier molecular flexibility index (Phi) is 4.49. The van der Waals surface area contributed by atoms with Gasteiger partial charge in [-0.1, -0.05) is 18.2 Å². The number of nitrogens with two attached hydrogens (primary N) is 1. The molecule has 0 heterocycles. The highest BCUT2D eigenvalue weighted by atomic mass is 32.2. The third-order valence-corrected chi connectivity index (χ3v) is 3.61. The first-order valence-corrected chi connectivity index (χ1v) is 5.97. The smallest absolute Gasteiger partial charge is 0.330 e. The van der Waals surface area contributed by atoms with Crippen molar-refractivity contribution in [2.24, 2.45) is 11.7 Å². The van der Waals surface area contributed by atoms with Gasteiger partial charge in [-0.3, -0.25) is 4.21 Å². The maximum atomic E-state index is 12.4. The van der Waals surface area contributed by atoms with Gasteiger partial charge >= 0.3 is 6.18 Å². The lowest BCUT2D eigenvalue weighted by atomic mass is 10.2. The summed E-state index contributed by atoms with van der Waals surface area (Å²) in [6.45, 7) is -0.540. The van der Waals surface area contributed by atoms with Gasteiger partial charge in [-0.25, -0.2) is 0 Å². The van der Waals surface area contributed by atoms with E-state index in [1.165, 1.54) is 0 Å². The molecule has 0 aliphatic heterocycles. The Morgan fingerprint density at radius 1 is 1.25 bits per heavy atom. The summed E-state index contributed by atoms with van der Waals surface area (Å²) in [5.74, 6) is -2.20. The molecule has 1 rings (SSSR count). The first-order valence-electron chi connectivity index (χ1n) is 4.65. The summed E-state index contributed by atoms with van der Waals surface area (Å²) in [4.78, 5) is 0.394. The minimum Gasteiger partial charge on any atom is -0.330 e. The molecule has 6 heteroatoms. The van der Waals surface area contributed by atoms with Crippen LogP contribution in [0.15, 0.2) is 35.2 Å². The third-order valence-electron chi connectivity index (χ3n) is 2.11.